The number of aliphatic hydroxyl groups excluding tert-OH is 1. The minimum atomic E-state index is -0.566. The molecule has 3 nitrogen and oxygen atoms in total. The Morgan fingerprint density at radius 1 is 1.39 bits per heavy atom. The van der Waals surface area contributed by atoms with Crippen molar-refractivity contribution in [1.82, 2.24) is 5.32 Å². The van der Waals surface area contributed by atoms with Crippen LogP contribution < -0.4 is 10.1 Å². The van der Waals surface area contributed by atoms with Gasteiger partial charge < -0.3 is 15.2 Å². The molecule has 1 atom stereocenters. The molecule has 0 fully saturated rings. The molecule has 0 saturated heterocycles. The van der Waals surface area contributed by atoms with Crippen molar-refractivity contribution in [3.63, 3.8) is 0 Å². The van der Waals surface area contributed by atoms with Crippen molar-refractivity contribution >= 4 is 11.6 Å². The third-order valence-electron chi connectivity index (χ3n) is 2.80. The molecule has 18 heavy (non-hydrogen) atoms. The number of hydrogen-bond donors (Lipinski definition) is 2. The van der Waals surface area contributed by atoms with Crippen molar-refractivity contribution in [1.29, 1.82) is 0 Å². The van der Waals surface area contributed by atoms with Crippen molar-refractivity contribution in [3.05, 3.63) is 28.3 Å². The van der Waals surface area contributed by atoms with E-state index in [-0.39, 0.29) is 0 Å². The lowest BCUT2D eigenvalue weighted by Crippen LogP contribution is -2.25. The van der Waals surface area contributed by atoms with E-state index in [1.807, 2.05) is 13.0 Å². The summed E-state index contributed by atoms with van der Waals surface area (Å²) in [4.78, 5) is 0. The number of aryl methyl sites for hydroxylation is 1. The highest BCUT2D eigenvalue weighted by molar-refractivity contribution is 6.30. The fourth-order valence-corrected chi connectivity index (χ4v) is 2.23. The molecule has 1 aromatic carbocycles. The number of halogens is 1. The van der Waals surface area contributed by atoms with E-state index in [0.717, 1.165) is 23.4 Å². The van der Waals surface area contributed by atoms with Gasteiger partial charge in [-0.3, -0.25) is 0 Å². The molecule has 0 saturated carbocycles. The van der Waals surface area contributed by atoms with Crippen LogP contribution in [0.1, 0.15) is 37.5 Å². The van der Waals surface area contributed by atoms with Gasteiger partial charge in [-0.05, 0) is 37.6 Å². The van der Waals surface area contributed by atoms with E-state index in [1.165, 1.54) is 0 Å². The van der Waals surface area contributed by atoms with Gasteiger partial charge in [-0.1, -0.05) is 25.4 Å². The average Bonchev–Trinajstić information content (AvgIpc) is 2.27. The summed E-state index contributed by atoms with van der Waals surface area (Å²) in [6.07, 6.45) is 0.0671. The van der Waals surface area contributed by atoms with Crippen molar-refractivity contribution in [2.75, 3.05) is 13.7 Å². The molecule has 0 aromatic heterocycles. The molecule has 1 unspecified atom stereocenters. The minimum absolute atomic E-state index is 0.417. The Hall–Kier alpha value is -0.770. The number of benzene rings is 1. The highest BCUT2D eigenvalue weighted by atomic mass is 35.5. The average molecular weight is 272 g/mol. The van der Waals surface area contributed by atoms with Crippen LogP contribution in [0.25, 0.3) is 0 Å². The third-order valence-corrected chi connectivity index (χ3v) is 3.02. The lowest BCUT2D eigenvalue weighted by molar-refractivity contribution is 0.162. The minimum Gasteiger partial charge on any atom is -0.496 e. The molecule has 0 aliphatic heterocycles. The number of nitrogens with one attached hydrogen (secondary N) is 1. The molecule has 1 rings (SSSR count). The number of rotatable bonds is 6. The zero-order valence-corrected chi connectivity index (χ0v) is 12.2. The quantitative estimate of drug-likeness (QED) is 0.835. The second kappa shape index (κ2) is 6.98. The molecule has 0 aliphatic carbocycles. The molecule has 4 heteroatoms. The number of ether oxygens (including phenoxy) is 1. The predicted octanol–water partition coefficient (Wildman–Crippen LogP) is 3.08. The van der Waals surface area contributed by atoms with Gasteiger partial charge in [0.15, 0.2) is 0 Å². The first-order valence-electron chi connectivity index (χ1n) is 6.21. The summed E-state index contributed by atoms with van der Waals surface area (Å²) in [6.45, 7) is 6.84. The Labute approximate surface area is 114 Å². The summed E-state index contributed by atoms with van der Waals surface area (Å²) in [5, 5.41) is 14.1. The third kappa shape index (κ3) is 4.16. The van der Waals surface area contributed by atoms with E-state index in [4.69, 9.17) is 16.3 Å². The summed E-state index contributed by atoms with van der Waals surface area (Å²) < 4.78 is 5.34. The summed E-state index contributed by atoms with van der Waals surface area (Å²) in [5.74, 6) is 0.719. The van der Waals surface area contributed by atoms with Crippen LogP contribution in [0.4, 0.5) is 0 Å². The molecular weight excluding hydrogens is 250 g/mol. The topological polar surface area (TPSA) is 41.5 Å². The van der Waals surface area contributed by atoms with Gasteiger partial charge in [0, 0.05) is 16.6 Å². The van der Waals surface area contributed by atoms with E-state index in [2.05, 4.69) is 19.2 Å². The van der Waals surface area contributed by atoms with Crippen LogP contribution in [0.2, 0.25) is 5.02 Å². The maximum absolute atomic E-state index is 10.2. The van der Waals surface area contributed by atoms with Crippen LogP contribution in [0.5, 0.6) is 5.75 Å². The Kier molecular flexibility index (Phi) is 5.93. The molecule has 0 amide bonds. The molecule has 0 aliphatic rings. The molecule has 2 N–H and O–H groups in total. The normalized spacial score (nSPS) is 12.8. The van der Waals surface area contributed by atoms with Crippen molar-refractivity contribution in [2.24, 2.45) is 0 Å². The Bertz CT molecular complexity index is 394. The highest BCUT2D eigenvalue weighted by Crippen LogP contribution is 2.33. The summed E-state index contributed by atoms with van der Waals surface area (Å²) >= 11 is 6.03. The van der Waals surface area contributed by atoms with E-state index in [1.54, 1.807) is 13.2 Å². The number of methoxy groups -OCH3 is 1. The second-order valence-electron chi connectivity index (χ2n) is 4.76. The fourth-order valence-electron chi connectivity index (χ4n) is 1.95. The molecule has 0 heterocycles. The summed E-state index contributed by atoms with van der Waals surface area (Å²) in [6, 6.07) is 4.02. The van der Waals surface area contributed by atoms with Gasteiger partial charge in [-0.25, -0.2) is 0 Å². The van der Waals surface area contributed by atoms with Crippen LogP contribution >= 0.6 is 11.6 Å². The number of hydrogen-bond acceptors (Lipinski definition) is 3. The monoisotopic (exact) mass is 271 g/mol. The Morgan fingerprint density at radius 2 is 2.06 bits per heavy atom. The van der Waals surface area contributed by atoms with Crippen LogP contribution in [-0.4, -0.2) is 24.8 Å². The van der Waals surface area contributed by atoms with Crippen LogP contribution in [0.3, 0.4) is 0 Å². The van der Waals surface area contributed by atoms with Gasteiger partial charge in [0.2, 0.25) is 0 Å². The van der Waals surface area contributed by atoms with E-state index >= 15 is 0 Å². The standard InChI is InChI=1S/C14H22ClNO2/c1-9(2)16-6-5-13(17)12-8-11(15)7-10(3)14(12)18-4/h7-9,13,16-17H,5-6H2,1-4H3. The lowest BCUT2D eigenvalue weighted by atomic mass is 10.0. The van der Waals surface area contributed by atoms with Crippen LogP contribution in [0.15, 0.2) is 12.1 Å². The first kappa shape index (κ1) is 15.3. The van der Waals surface area contributed by atoms with Gasteiger partial charge >= 0.3 is 0 Å². The molecule has 0 spiro atoms. The van der Waals surface area contributed by atoms with Crippen molar-refractivity contribution in [3.8, 4) is 5.75 Å². The lowest BCUT2D eigenvalue weighted by Gasteiger charge is -2.18. The van der Waals surface area contributed by atoms with Crippen molar-refractivity contribution in [2.45, 2.75) is 39.3 Å². The second-order valence-corrected chi connectivity index (χ2v) is 5.19. The Balaban J connectivity index is 2.80. The van der Waals surface area contributed by atoms with E-state index in [0.29, 0.717) is 17.5 Å². The maximum atomic E-state index is 10.2. The van der Waals surface area contributed by atoms with Gasteiger partial charge in [0.1, 0.15) is 5.75 Å². The number of aliphatic hydroxyl groups is 1. The zero-order valence-electron chi connectivity index (χ0n) is 11.5. The largest absolute Gasteiger partial charge is 0.496 e. The van der Waals surface area contributed by atoms with Gasteiger partial charge in [0.25, 0.3) is 0 Å². The first-order valence-corrected chi connectivity index (χ1v) is 6.59. The Morgan fingerprint density at radius 3 is 2.61 bits per heavy atom. The van der Waals surface area contributed by atoms with Gasteiger partial charge in [-0.2, -0.15) is 0 Å². The fraction of sp³-hybridized carbons (Fsp3) is 0.571. The van der Waals surface area contributed by atoms with E-state index in [9.17, 15) is 5.11 Å². The smallest absolute Gasteiger partial charge is 0.127 e. The SMILES string of the molecule is COc1c(C)cc(Cl)cc1C(O)CCNC(C)C. The molecule has 0 bridgehead atoms. The zero-order chi connectivity index (χ0) is 13.7. The van der Waals surface area contributed by atoms with Crippen LogP contribution in [-0.2, 0) is 0 Å². The van der Waals surface area contributed by atoms with E-state index < -0.39 is 6.10 Å². The predicted molar refractivity (Wildman–Crippen MR) is 75.5 cm³/mol. The highest BCUT2D eigenvalue weighted by Gasteiger charge is 2.16. The molecule has 0 radical (unpaired) electrons. The van der Waals surface area contributed by atoms with Crippen LogP contribution in [0, 0.1) is 6.92 Å². The molecule has 1 aromatic rings. The van der Waals surface area contributed by atoms with Gasteiger partial charge in [0.05, 0.1) is 13.2 Å². The molecular formula is C14H22ClNO2. The van der Waals surface area contributed by atoms with Crippen molar-refractivity contribution < 1.29 is 9.84 Å². The summed E-state index contributed by atoms with van der Waals surface area (Å²) in [7, 11) is 1.61. The first-order chi connectivity index (χ1) is 8.45. The summed E-state index contributed by atoms with van der Waals surface area (Å²) in [5.41, 5.74) is 1.70. The molecule has 102 valence electrons. The van der Waals surface area contributed by atoms with Gasteiger partial charge in [-0.15, -0.1) is 0 Å². The maximum Gasteiger partial charge on any atom is 0.127 e.